The van der Waals surface area contributed by atoms with Crippen LogP contribution in [0.25, 0.3) is 11.4 Å². The first-order chi connectivity index (χ1) is 13.1. The van der Waals surface area contributed by atoms with Gasteiger partial charge in [-0.1, -0.05) is 23.7 Å². The highest BCUT2D eigenvalue weighted by molar-refractivity contribution is 6.30. The Kier molecular flexibility index (Phi) is 5.51. The number of allylic oxidation sites excluding steroid dienone is 1. The van der Waals surface area contributed by atoms with Gasteiger partial charge < -0.3 is 15.9 Å². The lowest BCUT2D eigenvalue weighted by molar-refractivity contribution is 0.292. The predicted octanol–water partition coefficient (Wildman–Crippen LogP) is 1.51. The van der Waals surface area contributed by atoms with Gasteiger partial charge in [0.2, 0.25) is 0 Å². The number of hydrogen-bond acceptors (Lipinski definition) is 8. The van der Waals surface area contributed by atoms with Crippen LogP contribution in [0.4, 0.5) is 0 Å². The molecule has 136 valence electrons. The molecule has 0 aliphatic heterocycles. The van der Waals surface area contributed by atoms with Crippen molar-refractivity contribution in [2.45, 2.75) is 6.61 Å². The van der Waals surface area contributed by atoms with E-state index in [0.29, 0.717) is 22.2 Å². The summed E-state index contributed by atoms with van der Waals surface area (Å²) in [4.78, 5) is 0. The lowest BCUT2D eigenvalue weighted by Crippen LogP contribution is -2.23. The second kappa shape index (κ2) is 8.18. The van der Waals surface area contributed by atoms with Crippen molar-refractivity contribution in [3.05, 3.63) is 70.6 Å². The monoisotopic (exact) mass is 382 g/mol. The molecule has 10 heteroatoms. The highest BCUT2D eigenvalue weighted by Gasteiger charge is 2.10. The molecule has 0 saturated heterocycles. The maximum absolute atomic E-state index is 9.02. The largest absolute Gasteiger partial charge is 0.486 e. The molecular formula is C17H15ClN8O. The van der Waals surface area contributed by atoms with E-state index >= 15 is 0 Å². The molecule has 0 aliphatic carbocycles. The summed E-state index contributed by atoms with van der Waals surface area (Å²) in [6.45, 7) is 0.128. The molecule has 0 atom stereocenters. The number of rotatable bonds is 6. The maximum atomic E-state index is 9.02. The van der Waals surface area contributed by atoms with Gasteiger partial charge in [0.25, 0.3) is 0 Å². The van der Waals surface area contributed by atoms with Crippen LogP contribution in [0, 0.1) is 11.3 Å². The van der Waals surface area contributed by atoms with Gasteiger partial charge in [0.1, 0.15) is 18.4 Å². The number of hydrogen-bond donors (Lipinski definition) is 3. The van der Waals surface area contributed by atoms with E-state index in [4.69, 9.17) is 33.2 Å². The van der Waals surface area contributed by atoms with Crippen molar-refractivity contribution in [3.8, 4) is 17.5 Å². The molecule has 0 amide bonds. The first kappa shape index (κ1) is 18.2. The topological polar surface area (TPSA) is 141 Å². The molecule has 0 spiro atoms. The molecule has 0 saturated carbocycles. The molecule has 3 aromatic rings. The Morgan fingerprint density at radius 2 is 2.04 bits per heavy atom. The third-order valence-corrected chi connectivity index (χ3v) is 3.90. The summed E-state index contributed by atoms with van der Waals surface area (Å²) in [6.07, 6.45) is 0. The Bertz CT molecular complexity index is 1010. The van der Waals surface area contributed by atoms with E-state index in [2.05, 4.69) is 21.0 Å². The minimum atomic E-state index is 0.0684. The van der Waals surface area contributed by atoms with Crippen molar-refractivity contribution in [1.82, 2.24) is 25.6 Å². The number of nitriles is 1. The minimum absolute atomic E-state index is 0.0684. The zero-order valence-corrected chi connectivity index (χ0v) is 14.8. The van der Waals surface area contributed by atoms with Gasteiger partial charge in [0.15, 0.2) is 11.5 Å². The normalized spacial score (nSPS) is 11.4. The fraction of sp³-hybridized carbons (Fsp3) is 0.0588. The van der Waals surface area contributed by atoms with Gasteiger partial charge in [-0.05, 0) is 46.8 Å². The highest BCUT2D eigenvalue weighted by Crippen LogP contribution is 2.20. The number of nitrogens with one attached hydrogen (secondary N) is 1. The molecule has 27 heavy (non-hydrogen) atoms. The van der Waals surface area contributed by atoms with Gasteiger partial charge in [0, 0.05) is 10.6 Å². The predicted molar refractivity (Wildman–Crippen MR) is 99.0 cm³/mol. The van der Waals surface area contributed by atoms with E-state index in [0.717, 1.165) is 5.69 Å². The van der Waals surface area contributed by atoms with Crippen LogP contribution in [0.15, 0.2) is 54.2 Å². The summed E-state index contributed by atoms with van der Waals surface area (Å²) in [6, 6.07) is 16.0. The minimum Gasteiger partial charge on any atom is -0.486 e. The third-order valence-electron chi connectivity index (χ3n) is 3.64. The third kappa shape index (κ3) is 4.14. The molecule has 0 aliphatic rings. The first-order valence-corrected chi connectivity index (χ1v) is 8.13. The van der Waals surface area contributed by atoms with Crippen LogP contribution in [-0.2, 0) is 6.61 Å². The number of aromatic nitrogens is 4. The van der Waals surface area contributed by atoms with Crippen LogP contribution in [0.1, 0.15) is 11.4 Å². The molecule has 2 aromatic carbocycles. The SMILES string of the molecule is N#C/C(NN)=C(/N)c1cccc(OCc2nnnn2-c2ccc(Cl)cc2)c1. The Labute approximate surface area is 159 Å². The van der Waals surface area contributed by atoms with Gasteiger partial charge >= 0.3 is 0 Å². The van der Waals surface area contributed by atoms with E-state index in [1.54, 1.807) is 53.2 Å². The second-order valence-corrected chi connectivity index (χ2v) is 5.78. The van der Waals surface area contributed by atoms with E-state index in [1.165, 1.54) is 0 Å². The van der Waals surface area contributed by atoms with Crippen molar-refractivity contribution < 1.29 is 4.74 Å². The number of ether oxygens (including phenoxy) is 1. The molecule has 0 bridgehead atoms. The molecule has 0 fully saturated rings. The van der Waals surface area contributed by atoms with Crippen LogP contribution in [-0.4, -0.2) is 20.2 Å². The number of tetrazole rings is 1. The summed E-state index contributed by atoms with van der Waals surface area (Å²) in [5.41, 5.74) is 9.86. The first-order valence-electron chi connectivity index (χ1n) is 7.75. The summed E-state index contributed by atoms with van der Waals surface area (Å²) in [5, 5.41) is 21.3. The van der Waals surface area contributed by atoms with E-state index in [1.807, 2.05) is 6.07 Å². The highest BCUT2D eigenvalue weighted by atomic mass is 35.5. The summed E-state index contributed by atoms with van der Waals surface area (Å²) in [7, 11) is 0. The average molecular weight is 383 g/mol. The number of nitrogens with zero attached hydrogens (tertiary/aromatic N) is 5. The zero-order chi connectivity index (χ0) is 19.2. The van der Waals surface area contributed by atoms with Gasteiger partial charge in [-0.2, -0.15) is 9.94 Å². The van der Waals surface area contributed by atoms with Crippen molar-refractivity contribution in [3.63, 3.8) is 0 Å². The van der Waals surface area contributed by atoms with Gasteiger partial charge in [-0.3, -0.25) is 0 Å². The number of hydrazine groups is 1. The van der Waals surface area contributed by atoms with Crippen LogP contribution in [0.5, 0.6) is 5.75 Å². The fourth-order valence-corrected chi connectivity index (χ4v) is 2.42. The Hall–Kier alpha value is -3.61. The average Bonchev–Trinajstić information content (AvgIpc) is 3.16. The molecule has 0 unspecified atom stereocenters. The zero-order valence-electron chi connectivity index (χ0n) is 14.0. The van der Waals surface area contributed by atoms with Gasteiger partial charge in [-0.15, -0.1) is 5.10 Å². The van der Waals surface area contributed by atoms with Crippen molar-refractivity contribution in [1.29, 1.82) is 5.26 Å². The van der Waals surface area contributed by atoms with E-state index in [-0.39, 0.29) is 18.0 Å². The second-order valence-electron chi connectivity index (χ2n) is 5.34. The Balaban J connectivity index is 1.78. The van der Waals surface area contributed by atoms with Crippen LogP contribution >= 0.6 is 11.6 Å². The van der Waals surface area contributed by atoms with Crippen LogP contribution in [0.2, 0.25) is 5.02 Å². The summed E-state index contributed by atoms with van der Waals surface area (Å²) >= 11 is 5.91. The molecule has 5 N–H and O–H groups in total. The van der Waals surface area contributed by atoms with Gasteiger partial charge in [0.05, 0.1) is 11.4 Å². The summed E-state index contributed by atoms with van der Waals surface area (Å²) in [5.74, 6) is 6.33. The molecule has 1 aromatic heterocycles. The number of nitrogens with two attached hydrogens (primary N) is 2. The molecular weight excluding hydrogens is 368 g/mol. The lowest BCUT2D eigenvalue weighted by Gasteiger charge is -2.10. The maximum Gasteiger partial charge on any atom is 0.194 e. The van der Waals surface area contributed by atoms with Gasteiger partial charge in [-0.25, -0.2) is 5.84 Å². The standard InChI is InChI=1S/C17H15ClN8O/c18-12-4-6-13(7-5-12)26-16(23-24-25-26)10-27-14-3-1-2-11(8-14)17(20)15(9-19)22-21/h1-8,22H,10,20-21H2/b17-15-. The summed E-state index contributed by atoms with van der Waals surface area (Å²) < 4.78 is 7.33. The smallest absolute Gasteiger partial charge is 0.194 e. The van der Waals surface area contributed by atoms with Crippen molar-refractivity contribution in [2.75, 3.05) is 0 Å². The van der Waals surface area contributed by atoms with Crippen LogP contribution in [0.3, 0.4) is 0 Å². The molecule has 3 rings (SSSR count). The molecule has 0 radical (unpaired) electrons. The number of halogens is 1. The quantitative estimate of drug-likeness (QED) is 0.331. The fourth-order valence-electron chi connectivity index (χ4n) is 2.29. The van der Waals surface area contributed by atoms with Crippen molar-refractivity contribution in [2.24, 2.45) is 11.6 Å². The Morgan fingerprint density at radius 1 is 1.26 bits per heavy atom. The van der Waals surface area contributed by atoms with E-state index in [9.17, 15) is 0 Å². The van der Waals surface area contributed by atoms with Crippen molar-refractivity contribution >= 4 is 17.3 Å². The van der Waals surface area contributed by atoms with E-state index < -0.39 is 0 Å². The number of benzene rings is 2. The molecule has 1 heterocycles. The molecule has 9 nitrogen and oxygen atoms in total. The Morgan fingerprint density at radius 3 is 2.74 bits per heavy atom. The van der Waals surface area contributed by atoms with Crippen LogP contribution < -0.4 is 21.7 Å². The lowest BCUT2D eigenvalue weighted by atomic mass is 10.1.